The van der Waals surface area contributed by atoms with Crippen molar-refractivity contribution >= 4 is 17.3 Å². The molecule has 0 radical (unpaired) electrons. The van der Waals surface area contributed by atoms with E-state index in [0.29, 0.717) is 12.2 Å². The first kappa shape index (κ1) is 16.3. The highest BCUT2D eigenvalue weighted by atomic mass is 32.1. The van der Waals surface area contributed by atoms with Crippen LogP contribution in [0.2, 0.25) is 0 Å². The van der Waals surface area contributed by atoms with Crippen LogP contribution >= 0.6 is 11.3 Å². The second-order valence-electron chi connectivity index (χ2n) is 5.43. The van der Waals surface area contributed by atoms with Crippen molar-refractivity contribution in [2.45, 2.75) is 20.8 Å². The molecule has 0 aliphatic rings. The average molecular weight is 342 g/mol. The van der Waals surface area contributed by atoms with Gasteiger partial charge in [0, 0.05) is 16.6 Å². The van der Waals surface area contributed by atoms with Gasteiger partial charge in [0.25, 0.3) is 0 Å². The third kappa shape index (κ3) is 2.92. The first-order valence-corrected chi connectivity index (χ1v) is 8.50. The molecule has 0 aliphatic heterocycles. The largest absolute Gasteiger partial charge is 0.508 e. The Kier molecular flexibility index (Phi) is 4.40. The summed E-state index contributed by atoms with van der Waals surface area (Å²) in [7, 11) is 0. The Balaban J connectivity index is 1.99. The second kappa shape index (κ2) is 6.49. The zero-order valence-corrected chi connectivity index (χ0v) is 14.5. The molecule has 0 unspecified atom stereocenters. The normalized spacial score (nSPS) is 10.8. The number of phenols is 1. The van der Waals surface area contributed by atoms with E-state index < -0.39 is 0 Å². The number of aromatic hydroxyl groups is 1. The highest BCUT2D eigenvalue weighted by molar-refractivity contribution is 7.13. The van der Waals surface area contributed by atoms with Crippen molar-refractivity contribution in [1.82, 2.24) is 9.97 Å². The predicted molar refractivity (Wildman–Crippen MR) is 94.4 cm³/mol. The van der Waals surface area contributed by atoms with Gasteiger partial charge in [-0.05, 0) is 38.5 Å². The van der Waals surface area contributed by atoms with Crippen LogP contribution in [-0.2, 0) is 4.74 Å². The number of aryl methyl sites for hydroxylation is 1. The lowest BCUT2D eigenvalue weighted by atomic mass is 10.1. The Hall–Kier alpha value is -2.60. The van der Waals surface area contributed by atoms with Gasteiger partial charge in [-0.25, -0.2) is 9.78 Å². The van der Waals surface area contributed by atoms with Crippen molar-refractivity contribution in [3.8, 4) is 27.7 Å². The summed E-state index contributed by atoms with van der Waals surface area (Å²) in [4.78, 5) is 20.0. The van der Waals surface area contributed by atoms with Gasteiger partial charge in [0.05, 0.1) is 23.6 Å². The minimum absolute atomic E-state index is 0.209. The van der Waals surface area contributed by atoms with Gasteiger partial charge in [0.2, 0.25) is 0 Å². The van der Waals surface area contributed by atoms with E-state index in [2.05, 4.69) is 9.97 Å². The molecule has 1 aromatic carbocycles. The number of carbonyl (C=O) groups is 1. The highest BCUT2D eigenvalue weighted by Gasteiger charge is 2.21. The Morgan fingerprint density at radius 3 is 2.88 bits per heavy atom. The fourth-order valence-electron chi connectivity index (χ4n) is 2.68. The lowest BCUT2D eigenvalue weighted by Crippen LogP contribution is -2.06. The predicted octanol–water partition coefficient (Wildman–Crippen LogP) is 4.30. The van der Waals surface area contributed by atoms with Gasteiger partial charge in [-0.1, -0.05) is 12.1 Å². The standard InChI is InChI=1S/C18H18N2O3S/c1-4-23-18(22)15-10(2)16(19-11(15)3)14-9-24-17(20-14)12-6-5-7-13(21)8-12/h5-9,19,21H,4H2,1-3H3. The fourth-order valence-corrected chi connectivity index (χ4v) is 3.48. The molecule has 5 nitrogen and oxygen atoms in total. The van der Waals surface area contributed by atoms with Crippen LogP contribution in [0, 0.1) is 13.8 Å². The molecule has 3 rings (SSSR count). The molecular weight excluding hydrogens is 324 g/mol. The molecule has 2 heterocycles. The van der Waals surface area contributed by atoms with Crippen molar-refractivity contribution in [3.05, 3.63) is 46.5 Å². The smallest absolute Gasteiger partial charge is 0.340 e. The fraction of sp³-hybridized carbons (Fsp3) is 0.222. The molecule has 24 heavy (non-hydrogen) atoms. The molecule has 0 bridgehead atoms. The number of nitrogens with one attached hydrogen (secondary N) is 1. The first-order valence-electron chi connectivity index (χ1n) is 7.62. The van der Waals surface area contributed by atoms with Crippen LogP contribution in [0.1, 0.15) is 28.5 Å². The first-order chi connectivity index (χ1) is 11.5. The number of hydrogen-bond donors (Lipinski definition) is 2. The number of aromatic amines is 1. The molecule has 0 atom stereocenters. The van der Waals surface area contributed by atoms with E-state index in [1.54, 1.807) is 25.1 Å². The Labute approximate surface area is 144 Å². The Bertz CT molecular complexity index is 896. The Morgan fingerprint density at radius 1 is 1.38 bits per heavy atom. The van der Waals surface area contributed by atoms with Gasteiger partial charge in [0.15, 0.2) is 0 Å². The summed E-state index contributed by atoms with van der Waals surface area (Å²) >= 11 is 1.49. The number of phenolic OH excluding ortho intramolecular Hbond substituents is 1. The van der Waals surface area contributed by atoms with Crippen molar-refractivity contribution < 1.29 is 14.6 Å². The van der Waals surface area contributed by atoms with Crippen molar-refractivity contribution in [3.63, 3.8) is 0 Å². The number of ether oxygens (including phenoxy) is 1. The maximum Gasteiger partial charge on any atom is 0.340 e. The lowest BCUT2D eigenvalue weighted by Gasteiger charge is -2.02. The summed E-state index contributed by atoms with van der Waals surface area (Å²) in [6.45, 7) is 5.87. The molecule has 2 aromatic heterocycles. The summed E-state index contributed by atoms with van der Waals surface area (Å²) in [5, 5.41) is 12.4. The molecule has 0 spiro atoms. The maximum atomic E-state index is 12.1. The van der Waals surface area contributed by atoms with Gasteiger partial charge < -0.3 is 14.8 Å². The highest BCUT2D eigenvalue weighted by Crippen LogP contribution is 2.33. The van der Waals surface area contributed by atoms with Crippen LogP contribution in [0.3, 0.4) is 0 Å². The van der Waals surface area contributed by atoms with Gasteiger partial charge in [-0.15, -0.1) is 11.3 Å². The molecule has 0 amide bonds. The molecule has 2 N–H and O–H groups in total. The van der Waals surface area contributed by atoms with Crippen LogP contribution in [0.4, 0.5) is 0 Å². The molecule has 3 aromatic rings. The quantitative estimate of drug-likeness (QED) is 0.693. The van der Waals surface area contributed by atoms with E-state index in [-0.39, 0.29) is 11.7 Å². The number of carbonyl (C=O) groups excluding carboxylic acids is 1. The zero-order chi connectivity index (χ0) is 17.3. The lowest BCUT2D eigenvalue weighted by molar-refractivity contribution is 0.0525. The average Bonchev–Trinajstić information content (AvgIpc) is 3.12. The van der Waals surface area contributed by atoms with Gasteiger partial charge in [0.1, 0.15) is 10.8 Å². The third-order valence-corrected chi connectivity index (χ3v) is 4.66. The minimum atomic E-state index is -0.321. The summed E-state index contributed by atoms with van der Waals surface area (Å²) < 4.78 is 5.12. The van der Waals surface area contributed by atoms with Crippen LogP contribution in [0.5, 0.6) is 5.75 Å². The minimum Gasteiger partial charge on any atom is -0.508 e. The van der Waals surface area contributed by atoms with Crippen molar-refractivity contribution in [2.75, 3.05) is 6.61 Å². The Morgan fingerprint density at radius 2 is 2.17 bits per heavy atom. The van der Waals surface area contributed by atoms with Gasteiger partial charge in [-0.2, -0.15) is 0 Å². The van der Waals surface area contributed by atoms with Crippen molar-refractivity contribution in [2.24, 2.45) is 0 Å². The number of H-pyrrole nitrogens is 1. The van der Waals surface area contributed by atoms with Crippen LogP contribution in [0.15, 0.2) is 29.6 Å². The molecular formula is C18H18N2O3S. The third-order valence-electron chi connectivity index (χ3n) is 3.77. The van der Waals surface area contributed by atoms with Crippen LogP contribution < -0.4 is 0 Å². The van der Waals surface area contributed by atoms with Crippen molar-refractivity contribution in [1.29, 1.82) is 0 Å². The molecule has 124 valence electrons. The van der Waals surface area contributed by atoms with E-state index in [9.17, 15) is 9.90 Å². The number of benzene rings is 1. The monoisotopic (exact) mass is 342 g/mol. The number of aromatic nitrogens is 2. The summed E-state index contributed by atoms with van der Waals surface area (Å²) in [6.07, 6.45) is 0. The molecule has 0 saturated heterocycles. The van der Waals surface area contributed by atoms with Crippen LogP contribution in [0.25, 0.3) is 22.0 Å². The number of rotatable bonds is 4. The van der Waals surface area contributed by atoms with Gasteiger partial charge in [-0.3, -0.25) is 0 Å². The second-order valence-corrected chi connectivity index (χ2v) is 6.29. The maximum absolute atomic E-state index is 12.1. The van der Waals surface area contributed by atoms with E-state index in [4.69, 9.17) is 4.74 Å². The molecule has 0 aliphatic carbocycles. The molecule has 6 heteroatoms. The summed E-state index contributed by atoms with van der Waals surface area (Å²) in [5.41, 5.74) is 4.62. The van der Waals surface area contributed by atoms with E-state index in [1.807, 2.05) is 25.3 Å². The SMILES string of the molecule is CCOC(=O)c1c(C)[nH]c(-c2csc(-c3cccc(O)c3)n2)c1C. The van der Waals surface area contributed by atoms with Crippen LogP contribution in [-0.4, -0.2) is 27.7 Å². The topological polar surface area (TPSA) is 75.2 Å². The van der Waals surface area contributed by atoms with E-state index in [0.717, 1.165) is 33.2 Å². The summed E-state index contributed by atoms with van der Waals surface area (Å²) in [5.74, 6) is -0.112. The zero-order valence-electron chi connectivity index (χ0n) is 13.7. The van der Waals surface area contributed by atoms with E-state index in [1.165, 1.54) is 11.3 Å². The molecule has 0 fully saturated rings. The van der Waals surface area contributed by atoms with Gasteiger partial charge >= 0.3 is 5.97 Å². The van der Waals surface area contributed by atoms with E-state index >= 15 is 0 Å². The number of hydrogen-bond acceptors (Lipinski definition) is 5. The number of esters is 1. The molecule has 0 saturated carbocycles. The number of thiazole rings is 1. The number of nitrogens with zero attached hydrogens (tertiary/aromatic N) is 1. The summed E-state index contributed by atoms with van der Waals surface area (Å²) in [6, 6.07) is 7.00.